The standard InChI is InChI=1S/C40H28N4O/c1-2-8-25-21-26(16-15-23(25)7-1)38-42-39(27-17-18-28-29-12-5-9-24-10-6-13-30(35(24)29)32(28)22-27)44-40(43-38)37-36-31-11-3-4-14-33(31)45-34(36)19-20-41-37/h1-22,37-39,41-42H,(H,43,44). The van der Waals surface area contributed by atoms with Gasteiger partial charge in [0, 0.05) is 17.1 Å². The van der Waals surface area contributed by atoms with Gasteiger partial charge in [-0.15, -0.1) is 0 Å². The van der Waals surface area contributed by atoms with E-state index in [1.54, 1.807) is 0 Å². The summed E-state index contributed by atoms with van der Waals surface area (Å²) in [4.78, 5) is 5.34. The van der Waals surface area contributed by atoms with Gasteiger partial charge in [-0.25, -0.2) is 4.99 Å². The molecule has 3 aliphatic rings. The van der Waals surface area contributed by atoms with Gasteiger partial charge in [-0.3, -0.25) is 5.32 Å². The Bertz CT molecular complexity index is 2390. The van der Waals surface area contributed by atoms with Crippen molar-refractivity contribution >= 4 is 44.4 Å². The van der Waals surface area contributed by atoms with Crippen LogP contribution in [0.5, 0.6) is 0 Å². The van der Waals surface area contributed by atoms with Gasteiger partial charge in [-0.1, -0.05) is 103 Å². The molecule has 5 nitrogen and oxygen atoms in total. The van der Waals surface area contributed by atoms with Gasteiger partial charge in [-0.05, 0) is 79.2 Å². The monoisotopic (exact) mass is 580 g/mol. The minimum Gasteiger partial charge on any atom is -0.456 e. The minimum absolute atomic E-state index is 0.170. The Morgan fingerprint density at radius 3 is 2.31 bits per heavy atom. The lowest BCUT2D eigenvalue weighted by atomic mass is 9.96. The number of furan rings is 1. The molecule has 0 fully saturated rings. The van der Waals surface area contributed by atoms with Crippen LogP contribution in [0.3, 0.4) is 0 Å². The second kappa shape index (κ2) is 9.42. The molecule has 45 heavy (non-hydrogen) atoms. The SMILES string of the molecule is C1=Cc2oc3ccccc3c2C(C2=NC(c3ccc4ccccc4c3)NC(c3ccc4c(c3)-c3cccc5cccc-4c35)N2)N1. The van der Waals surface area contributed by atoms with Crippen LogP contribution < -0.4 is 16.0 Å². The molecule has 1 aromatic heterocycles. The number of benzene rings is 6. The fourth-order valence-electron chi connectivity index (χ4n) is 7.46. The molecule has 0 saturated carbocycles. The highest BCUT2D eigenvalue weighted by molar-refractivity contribution is 6.15. The van der Waals surface area contributed by atoms with Crippen LogP contribution in [-0.4, -0.2) is 5.84 Å². The Labute approximate surface area is 259 Å². The first kappa shape index (κ1) is 24.8. The summed E-state index contributed by atoms with van der Waals surface area (Å²) in [5.74, 6) is 1.74. The Morgan fingerprint density at radius 2 is 1.40 bits per heavy atom. The van der Waals surface area contributed by atoms with Crippen molar-refractivity contribution in [2.24, 2.45) is 4.99 Å². The van der Waals surface area contributed by atoms with Crippen LogP contribution in [0.2, 0.25) is 0 Å². The van der Waals surface area contributed by atoms with Crippen LogP contribution in [-0.2, 0) is 0 Å². The fourth-order valence-corrected chi connectivity index (χ4v) is 7.46. The van der Waals surface area contributed by atoms with Crippen LogP contribution in [0.25, 0.3) is 60.8 Å². The molecule has 3 atom stereocenters. The highest BCUT2D eigenvalue weighted by atomic mass is 16.3. The van der Waals surface area contributed by atoms with E-state index in [-0.39, 0.29) is 18.4 Å². The van der Waals surface area contributed by atoms with Crippen LogP contribution in [0.1, 0.15) is 40.8 Å². The molecule has 0 bridgehead atoms. The van der Waals surface area contributed by atoms with E-state index in [1.165, 1.54) is 49.4 Å². The summed E-state index contributed by atoms with van der Waals surface area (Å²) in [6, 6.07) is 43.3. The molecule has 0 radical (unpaired) electrons. The number of rotatable bonds is 3. The summed E-state index contributed by atoms with van der Waals surface area (Å²) in [5.41, 5.74) is 9.44. The van der Waals surface area contributed by atoms with E-state index < -0.39 is 0 Å². The number of para-hydroxylation sites is 1. The van der Waals surface area contributed by atoms with E-state index in [0.29, 0.717) is 0 Å². The molecular weight excluding hydrogens is 552 g/mol. The average molecular weight is 581 g/mol. The summed E-state index contributed by atoms with van der Waals surface area (Å²) >= 11 is 0. The predicted octanol–water partition coefficient (Wildman–Crippen LogP) is 8.99. The van der Waals surface area contributed by atoms with Crippen LogP contribution in [0, 0.1) is 0 Å². The molecule has 2 aliphatic heterocycles. The van der Waals surface area contributed by atoms with Gasteiger partial charge in [0.05, 0.1) is 0 Å². The number of aliphatic imine (C=N–C) groups is 1. The van der Waals surface area contributed by atoms with Crippen molar-refractivity contribution < 1.29 is 4.42 Å². The van der Waals surface area contributed by atoms with Gasteiger partial charge in [0.25, 0.3) is 0 Å². The number of nitrogens with one attached hydrogen (secondary N) is 3. The topological polar surface area (TPSA) is 61.6 Å². The third-order valence-electron chi connectivity index (χ3n) is 9.56. The van der Waals surface area contributed by atoms with Crippen LogP contribution >= 0.6 is 0 Å². The lowest BCUT2D eigenvalue weighted by molar-refractivity contribution is 0.399. The van der Waals surface area contributed by atoms with Crippen LogP contribution in [0.4, 0.5) is 0 Å². The molecule has 214 valence electrons. The molecule has 1 aliphatic carbocycles. The summed E-state index contributed by atoms with van der Waals surface area (Å²) in [7, 11) is 0. The molecule has 3 N–H and O–H groups in total. The maximum Gasteiger partial charge on any atom is 0.135 e. The second-order valence-corrected chi connectivity index (χ2v) is 12.1. The molecule has 0 amide bonds. The summed E-state index contributed by atoms with van der Waals surface area (Å²) in [6.07, 6.45) is 3.55. The minimum atomic E-state index is -0.251. The molecule has 3 unspecified atom stereocenters. The van der Waals surface area contributed by atoms with Gasteiger partial charge in [0.2, 0.25) is 0 Å². The van der Waals surface area contributed by atoms with Gasteiger partial charge >= 0.3 is 0 Å². The summed E-state index contributed by atoms with van der Waals surface area (Å²) < 4.78 is 6.27. The lowest BCUT2D eigenvalue weighted by Crippen LogP contribution is -2.49. The third-order valence-corrected chi connectivity index (χ3v) is 9.56. The van der Waals surface area contributed by atoms with E-state index in [0.717, 1.165) is 33.7 Å². The first-order chi connectivity index (χ1) is 22.3. The van der Waals surface area contributed by atoms with Crippen molar-refractivity contribution in [3.63, 3.8) is 0 Å². The Kier molecular flexibility index (Phi) is 5.18. The maximum atomic E-state index is 6.27. The third kappa shape index (κ3) is 3.74. The molecular formula is C40H28N4O. The highest BCUT2D eigenvalue weighted by Gasteiger charge is 2.34. The lowest BCUT2D eigenvalue weighted by Gasteiger charge is -2.35. The molecule has 5 heteroatoms. The quantitative estimate of drug-likeness (QED) is 0.195. The zero-order valence-electron chi connectivity index (χ0n) is 24.3. The maximum absolute atomic E-state index is 6.27. The van der Waals surface area contributed by atoms with E-state index in [1.807, 2.05) is 24.4 Å². The van der Waals surface area contributed by atoms with Crippen molar-refractivity contribution in [3.8, 4) is 22.3 Å². The van der Waals surface area contributed by atoms with E-state index in [2.05, 4.69) is 125 Å². The van der Waals surface area contributed by atoms with E-state index in [4.69, 9.17) is 9.41 Å². The number of hydrogen-bond acceptors (Lipinski definition) is 5. The summed E-state index contributed by atoms with van der Waals surface area (Å²) in [5, 5.41) is 17.4. The fraction of sp³-hybridized carbons (Fsp3) is 0.0750. The van der Waals surface area contributed by atoms with Gasteiger partial charge in [-0.2, -0.15) is 0 Å². The Morgan fingerprint density at radius 1 is 0.622 bits per heavy atom. The molecule has 0 spiro atoms. The largest absolute Gasteiger partial charge is 0.456 e. The van der Waals surface area contributed by atoms with E-state index >= 15 is 0 Å². The number of hydrogen-bond donors (Lipinski definition) is 3. The summed E-state index contributed by atoms with van der Waals surface area (Å²) in [6.45, 7) is 0. The van der Waals surface area contributed by atoms with Gasteiger partial charge in [0.15, 0.2) is 0 Å². The van der Waals surface area contributed by atoms with Gasteiger partial charge in [0.1, 0.15) is 35.6 Å². The molecule has 10 rings (SSSR count). The second-order valence-electron chi connectivity index (χ2n) is 12.1. The number of fused-ring (bicyclic) bond motifs is 7. The zero-order valence-corrected chi connectivity index (χ0v) is 24.3. The molecule has 0 saturated heterocycles. The van der Waals surface area contributed by atoms with Crippen molar-refractivity contribution in [1.82, 2.24) is 16.0 Å². The predicted molar refractivity (Wildman–Crippen MR) is 183 cm³/mol. The van der Waals surface area contributed by atoms with Crippen molar-refractivity contribution in [3.05, 3.63) is 150 Å². The van der Waals surface area contributed by atoms with Crippen LogP contribution in [0.15, 0.2) is 137 Å². The zero-order chi connectivity index (χ0) is 29.5. The first-order valence-electron chi connectivity index (χ1n) is 15.5. The highest BCUT2D eigenvalue weighted by Crippen LogP contribution is 2.48. The number of amidine groups is 1. The molecule has 3 heterocycles. The Hall–Kier alpha value is -5.65. The molecule has 7 aromatic rings. The van der Waals surface area contributed by atoms with Crippen molar-refractivity contribution in [1.29, 1.82) is 0 Å². The van der Waals surface area contributed by atoms with Crippen molar-refractivity contribution in [2.45, 2.75) is 18.4 Å². The van der Waals surface area contributed by atoms with E-state index in [9.17, 15) is 0 Å². The average Bonchev–Trinajstić information content (AvgIpc) is 3.65. The van der Waals surface area contributed by atoms with Gasteiger partial charge < -0.3 is 15.1 Å². The van der Waals surface area contributed by atoms with Crippen molar-refractivity contribution in [2.75, 3.05) is 0 Å². The first-order valence-corrected chi connectivity index (χ1v) is 15.5. The smallest absolute Gasteiger partial charge is 0.135 e. The normalized spacial score (nSPS) is 19.6. The number of nitrogens with zero attached hydrogens (tertiary/aromatic N) is 1. The Balaban J connectivity index is 1.11. The molecule has 6 aromatic carbocycles.